The number of thiazole rings is 1. The van der Waals surface area contributed by atoms with E-state index in [9.17, 15) is 0 Å². The van der Waals surface area contributed by atoms with E-state index in [0.717, 1.165) is 25.0 Å². The van der Waals surface area contributed by atoms with Gasteiger partial charge < -0.3 is 4.90 Å². The Balaban J connectivity index is 1.36. The number of aromatic nitrogens is 2. The molecule has 1 aliphatic rings. The Morgan fingerprint density at radius 3 is 2.74 bits per heavy atom. The third-order valence-corrected chi connectivity index (χ3v) is 6.08. The van der Waals surface area contributed by atoms with Crippen molar-refractivity contribution in [1.29, 1.82) is 0 Å². The predicted molar refractivity (Wildman–Crippen MR) is 112 cm³/mol. The number of benzene rings is 2. The number of para-hydroxylation sites is 1. The highest BCUT2D eigenvalue weighted by molar-refractivity contribution is 7.18. The fourth-order valence-electron chi connectivity index (χ4n) is 3.60. The van der Waals surface area contributed by atoms with Gasteiger partial charge in [0.25, 0.3) is 0 Å². The van der Waals surface area contributed by atoms with Crippen LogP contribution in [0.4, 0.5) is 0 Å². The molecule has 3 heterocycles. The van der Waals surface area contributed by atoms with Crippen molar-refractivity contribution in [3.63, 3.8) is 0 Å². The molecule has 0 bridgehead atoms. The van der Waals surface area contributed by atoms with E-state index in [2.05, 4.69) is 76.8 Å². The van der Waals surface area contributed by atoms with Gasteiger partial charge in [-0.05, 0) is 58.8 Å². The van der Waals surface area contributed by atoms with Crippen molar-refractivity contribution in [2.24, 2.45) is 0 Å². The maximum absolute atomic E-state index is 4.77. The maximum Gasteiger partial charge on any atom is 0.0956 e. The highest BCUT2D eigenvalue weighted by Crippen LogP contribution is 2.31. The molecule has 4 aromatic rings. The summed E-state index contributed by atoms with van der Waals surface area (Å²) >= 11 is 1.80. The molecular weight excluding hydrogens is 350 g/mol. The van der Waals surface area contributed by atoms with E-state index in [-0.39, 0.29) is 0 Å². The molecule has 4 heteroatoms. The van der Waals surface area contributed by atoms with Crippen LogP contribution in [0.15, 0.2) is 73.2 Å². The number of nitrogens with zero attached hydrogens (tertiary/aromatic N) is 3. The topological polar surface area (TPSA) is 29.0 Å². The molecule has 3 nitrogen and oxygen atoms in total. The highest BCUT2D eigenvalue weighted by atomic mass is 32.1. The van der Waals surface area contributed by atoms with Crippen molar-refractivity contribution < 1.29 is 0 Å². The van der Waals surface area contributed by atoms with Gasteiger partial charge in [0.1, 0.15) is 0 Å². The molecule has 0 fully saturated rings. The van der Waals surface area contributed by atoms with Gasteiger partial charge >= 0.3 is 0 Å². The van der Waals surface area contributed by atoms with E-state index in [1.54, 1.807) is 11.3 Å². The summed E-state index contributed by atoms with van der Waals surface area (Å²) in [5.41, 5.74) is 6.32. The predicted octanol–water partition coefficient (Wildman–Crippen LogP) is 5.39. The summed E-state index contributed by atoms with van der Waals surface area (Å²) in [6.45, 7) is 1.90. The Morgan fingerprint density at radius 2 is 1.85 bits per heavy atom. The first kappa shape index (κ1) is 16.2. The molecule has 27 heavy (non-hydrogen) atoms. The van der Waals surface area contributed by atoms with E-state index in [0.29, 0.717) is 0 Å². The Morgan fingerprint density at radius 1 is 0.963 bits per heavy atom. The van der Waals surface area contributed by atoms with E-state index in [1.165, 1.54) is 32.0 Å². The van der Waals surface area contributed by atoms with Gasteiger partial charge in [0.05, 0.1) is 15.2 Å². The minimum atomic E-state index is 0.926. The van der Waals surface area contributed by atoms with Crippen LogP contribution in [0.3, 0.4) is 0 Å². The Labute approximate surface area is 162 Å². The molecule has 0 saturated carbocycles. The van der Waals surface area contributed by atoms with Crippen molar-refractivity contribution in [2.45, 2.75) is 13.0 Å². The van der Waals surface area contributed by atoms with Crippen LogP contribution < -0.4 is 0 Å². The molecule has 132 valence electrons. The van der Waals surface area contributed by atoms with Crippen LogP contribution in [0.5, 0.6) is 0 Å². The third-order valence-electron chi connectivity index (χ3n) is 4.98. The first-order valence-electron chi connectivity index (χ1n) is 9.16. The average molecular weight is 369 g/mol. The van der Waals surface area contributed by atoms with E-state index in [4.69, 9.17) is 4.98 Å². The molecule has 0 amide bonds. The van der Waals surface area contributed by atoms with Gasteiger partial charge in [0, 0.05) is 31.9 Å². The molecule has 0 atom stereocenters. The smallest absolute Gasteiger partial charge is 0.0956 e. The summed E-state index contributed by atoms with van der Waals surface area (Å²) < 4.78 is 1.27. The van der Waals surface area contributed by atoms with Gasteiger partial charge in [-0.2, -0.15) is 0 Å². The zero-order valence-electron chi connectivity index (χ0n) is 14.9. The largest absolute Gasteiger partial charge is 0.373 e. The average Bonchev–Trinajstić information content (AvgIpc) is 3.15. The molecule has 2 aromatic carbocycles. The minimum Gasteiger partial charge on any atom is -0.373 e. The van der Waals surface area contributed by atoms with Crippen molar-refractivity contribution in [1.82, 2.24) is 14.9 Å². The lowest BCUT2D eigenvalue weighted by molar-refractivity contribution is 0.371. The van der Waals surface area contributed by atoms with Crippen molar-refractivity contribution in [3.05, 3.63) is 89.3 Å². The Kier molecular flexibility index (Phi) is 4.18. The van der Waals surface area contributed by atoms with Gasteiger partial charge in [0.15, 0.2) is 0 Å². The lowest BCUT2D eigenvalue weighted by atomic mass is 9.94. The highest BCUT2D eigenvalue weighted by Gasteiger charge is 2.15. The molecule has 0 radical (unpaired) electrons. The summed E-state index contributed by atoms with van der Waals surface area (Å²) in [5, 5.41) is 1.21. The zero-order valence-corrected chi connectivity index (χ0v) is 15.7. The van der Waals surface area contributed by atoms with E-state index >= 15 is 0 Å². The molecule has 0 saturated heterocycles. The normalized spacial score (nSPS) is 13.1. The van der Waals surface area contributed by atoms with Crippen LogP contribution in [-0.2, 0) is 13.0 Å². The van der Waals surface area contributed by atoms with Crippen LogP contribution in [0.2, 0.25) is 0 Å². The van der Waals surface area contributed by atoms with Crippen LogP contribution in [0.1, 0.15) is 16.1 Å². The summed E-state index contributed by atoms with van der Waals surface area (Å²) in [6.07, 6.45) is 9.13. The number of fused-ring (bicyclic) bond motifs is 2. The molecule has 0 spiro atoms. The monoisotopic (exact) mass is 369 g/mol. The van der Waals surface area contributed by atoms with Gasteiger partial charge in [-0.25, -0.2) is 4.98 Å². The minimum absolute atomic E-state index is 0.926. The van der Waals surface area contributed by atoms with Crippen molar-refractivity contribution in [3.8, 4) is 11.1 Å². The molecule has 2 aromatic heterocycles. The fourth-order valence-corrected chi connectivity index (χ4v) is 4.56. The van der Waals surface area contributed by atoms with Gasteiger partial charge in [-0.3, -0.25) is 4.98 Å². The maximum atomic E-state index is 4.77. The number of hydrogen-bond donors (Lipinski definition) is 0. The summed E-state index contributed by atoms with van der Waals surface area (Å²) in [5.74, 6) is 0. The Bertz CT molecular complexity index is 1080. The first-order chi connectivity index (χ1) is 13.4. The summed E-state index contributed by atoms with van der Waals surface area (Å²) in [4.78, 5) is 11.3. The SMILES string of the molecule is C1=CN(CCc2nc3ccccc3s2)Cc2c1cccc2-c1ccncc1. The quantitative estimate of drug-likeness (QED) is 0.483. The molecular formula is C23H19N3S. The van der Waals surface area contributed by atoms with Gasteiger partial charge in [-0.15, -0.1) is 11.3 Å². The molecule has 0 aliphatic carbocycles. The second-order valence-corrected chi connectivity index (χ2v) is 7.84. The van der Waals surface area contributed by atoms with Gasteiger partial charge in [-0.1, -0.05) is 30.3 Å². The number of rotatable bonds is 4. The molecule has 5 rings (SSSR count). The number of hydrogen-bond acceptors (Lipinski definition) is 4. The van der Waals surface area contributed by atoms with Crippen LogP contribution in [-0.4, -0.2) is 21.4 Å². The van der Waals surface area contributed by atoms with Crippen LogP contribution >= 0.6 is 11.3 Å². The summed E-state index contributed by atoms with van der Waals surface area (Å²) in [7, 11) is 0. The van der Waals surface area contributed by atoms with Crippen molar-refractivity contribution >= 4 is 27.6 Å². The third kappa shape index (κ3) is 3.24. The first-order valence-corrected chi connectivity index (χ1v) is 9.97. The van der Waals surface area contributed by atoms with Crippen molar-refractivity contribution in [2.75, 3.05) is 6.54 Å². The zero-order chi connectivity index (χ0) is 18.1. The number of pyridine rings is 1. The standard InChI is InChI=1S/C23H19N3S/c1-2-7-22-21(6-1)25-23(27-22)11-15-26-14-10-17-4-3-5-19(20(17)16-26)18-8-12-24-13-9-18/h1-10,12-14H,11,15-16H2. The van der Waals surface area contributed by atoms with E-state index < -0.39 is 0 Å². The fraction of sp³-hybridized carbons (Fsp3) is 0.130. The van der Waals surface area contributed by atoms with Crippen LogP contribution in [0.25, 0.3) is 27.4 Å². The lowest BCUT2D eigenvalue weighted by Gasteiger charge is -2.27. The molecule has 0 N–H and O–H groups in total. The second-order valence-electron chi connectivity index (χ2n) is 6.72. The van der Waals surface area contributed by atoms with Crippen LogP contribution in [0, 0.1) is 0 Å². The lowest BCUT2D eigenvalue weighted by Crippen LogP contribution is -2.23. The van der Waals surface area contributed by atoms with E-state index in [1.807, 2.05) is 12.4 Å². The second kappa shape index (κ2) is 6.97. The Hall–Kier alpha value is -2.98. The molecule has 1 aliphatic heterocycles. The summed E-state index contributed by atoms with van der Waals surface area (Å²) in [6, 6.07) is 19.1. The molecule has 0 unspecified atom stereocenters. The van der Waals surface area contributed by atoms with Gasteiger partial charge in [0.2, 0.25) is 0 Å².